The lowest BCUT2D eigenvalue weighted by atomic mass is 10.4. The van der Waals surface area contributed by atoms with Gasteiger partial charge in [0, 0.05) is 0 Å². The minimum Gasteiger partial charge on any atom is -0.296 e. The summed E-state index contributed by atoms with van der Waals surface area (Å²) in [4.78, 5) is 0. The van der Waals surface area contributed by atoms with Crippen molar-refractivity contribution in [1.29, 1.82) is 0 Å². The van der Waals surface area contributed by atoms with E-state index < -0.39 is 0 Å². The molecule has 12 heavy (non-hydrogen) atoms. The van der Waals surface area contributed by atoms with Crippen molar-refractivity contribution < 1.29 is 8.93 Å². The maximum atomic E-state index is 4.55. The summed E-state index contributed by atoms with van der Waals surface area (Å²) < 4.78 is 9.01. The zero-order valence-electron chi connectivity index (χ0n) is 6.90. The van der Waals surface area contributed by atoms with Crippen molar-refractivity contribution in [3.05, 3.63) is 36.3 Å². The fourth-order valence-electron chi connectivity index (χ4n) is 0.845. The minimum absolute atomic E-state index is 0.329. The van der Waals surface area contributed by atoms with E-state index in [0.29, 0.717) is 8.43 Å². The highest BCUT2D eigenvalue weighted by Crippen LogP contribution is 2.05. The average molecular weight is 184 g/mol. The van der Waals surface area contributed by atoms with Crippen molar-refractivity contribution in [2.24, 2.45) is 0 Å². The topological polar surface area (TPSA) is 26.3 Å². The van der Waals surface area contributed by atoms with Crippen LogP contribution in [0.2, 0.25) is 0 Å². The molecule has 1 atom stereocenters. The van der Waals surface area contributed by atoms with Crippen molar-refractivity contribution in [2.75, 3.05) is 0 Å². The molecule has 0 radical (unpaired) electrons. The van der Waals surface area contributed by atoms with Crippen LogP contribution in [0.25, 0.3) is 0 Å². The summed E-state index contributed by atoms with van der Waals surface area (Å²) in [5.74, 6) is 1.89. The van der Waals surface area contributed by atoms with Gasteiger partial charge in [-0.05, 0) is 31.1 Å². The van der Waals surface area contributed by atoms with E-state index in [0.717, 1.165) is 0 Å². The third-order valence-electron chi connectivity index (χ3n) is 1.41. The van der Waals surface area contributed by atoms with Gasteiger partial charge < -0.3 is 0 Å². The number of rotatable bonds is 0. The van der Waals surface area contributed by atoms with E-state index in [1.165, 1.54) is 25.5 Å². The average Bonchev–Trinajstić information content (AvgIpc) is 2.54. The molecule has 0 N–H and O–H groups in total. The first-order chi connectivity index (χ1) is 6.00. The largest absolute Gasteiger partial charge is 0.296 e. The van der Waals surface area contributed by atoms with E-state index >= 15 is 0 Å². The van der Waals surface area contributed by atoms with E-state index in [1.807, 2.05) is 11.9 Å². The van der Waals surface area contributed by atoms with Crippen LogP contribution in [0.1, 0.15) is 19.3 Å². The predicted molar refractivity (Wildman–Crippen MR) is 51.1 cm³/mol. The Hall–Kier alpha value is -0.880. The highest BCUT2D eigenvalue weighted by atomic mass is 31.1. The highest BCUT2D eigenvalue weighted by molar-refractivity contribution is 7.21. The van der Waals surface area contributed by atoms with Crippen LogP contribution in [-0.4, -0.2) is 0 Å². The van der Waals surface area contributed by atoms with Gasteiger partial charge in [-0.1, -0.05) is 18.2 Å². The Morgan fingerprint density at radius 3 is 2.58 bits per heavy atom. The van der Waals surface area contributed by atoms with E-state index in [4.69, 9.17) is 0 Å². The minimum atomic E-state index is 0.329. The van der Waals surface area contributed by atoms with Crippen LogP contribution in [0.5, 0.6) is 0 Å². The quantitative estimate of drug-likeness (QED) is 0.453. The van der Waals surface area contributed by atoms with E-state index in [2.05, 4.69) is 21.1 Å². The molecular formula is C9H13O2P. The second-order valence-electron chi connectivity index (χ2n) is 2.39. The van der Waals surface area contributed by atoms with Gasteiger partial charge in [0.15, 0.2) is 0 Å². The molecule has 1 aromatic heterocycles. The summed E-state index contributed by atoms with van der Waals surface area (Å²) in [6, 6.07) is 3.66. The summed E-state index contributed by atoms with van der Waals surface area (Å²) >= 11 is 0. The lowest BCUT2D eigenvalue weighted by Crippen LogP contribution is -1.50. The number of allylic oxidation sites excluding steroid dienone is 2. The molecular weight excluding hydrogens is 171 g/mol. The molecule has 1 heterocycles. The van der Waals surface area contributed by atoms with Crippen molar-refractivity contribution in [3.63, 3.8) is 0 Å². The predicted octanol–water partition coefficient (Wildman–Crippen LogP) is 3.75. The van der Waals surface area contributed by atoms with Gasteiger partial charge in [0.05, 0.1) is 8.43 Å². The molecule has 3 heteroatoms. The molecule has 0 saturated heterocycles. The maximum absolute atomic E-state index is 4.55. The number of hydrogen-bond donors (Lipinski definition) is 0. The monoisotopic (exact) mass is 184 g/mol. The standard InChI is InChI=1S/C5H8.C4H5O2P/c1-2-4-5-3-1;1-2-4-7-6-5-3-1/h1-2H,3-5H2;1-4,7H. The fraction of sp³-hybridized carbons (Fsp3) is 0.333. The first-order valence-electron chi connectivity index (χ1n) is 4.04. The molecule has 0 aliphatic heterocycles. The lowest BCUT2D eigenvalue weighted by molar-refractivity contribution is 0.102. The zero-order chi connectivity index (χ0) is 8.49. The van der Waals surface area contributed by atoms with E-state index in [1.54, 1.807) is 6.07 Å². The van der Waals surface area contributed by atoms with Crippen LogP contribution < -0.4 is 0 Å². The Balaban J connectivity index is 0.000000127. The summed E-state index contributed by atoms with van der Waals surface area (Å²) in [6.07, 6.45) is 10.00. The van der Waals surface area contributed by atoms with Gasteiger partial charge in [-0.2, -0.15) is 0 Å². The molecule has 1 unspecified atom stereocenters. The van der Waals surface area contributed by atoms with Gasteiger partial charge >= 0.3 is 0 Å². The molecule has 1 aliphatic rings. The summed E-state index contributed by atoms with van der Waals surface area (Å²) in [7, 11) is 0.329. The van der Waals surface area contributed by atoms with Crippen molar-refractivity contribution >= 4 is 8.43 Å². The van der Waals surface area contributed by atoms with Crippen LogP contribution in [0.3, 0.4) is 0 Å². The Morgan fingerprint density at radius 2 is 1.92 bits per heavy atom. The summed E-state index contributed by atoms with van der Waals surface area (Å²) in [6.45, 7) is 0. The number of hydrogen-bond acceptors (Lipinski definition) is 2. The molecule has 1 aromatic rings. The van der Waals surface area contributed by atoms with Crippen molar-refractivity contribution in [3.8, 4) is 0 Å². The Morgan fingerprint density at radius 1 is 1.08 bits per heavy atom. The maximum Gasteiger partial charge on any atom is 0.143 e. The van der Waals surface area contributed by atoms with Gasteiger partial charge in [-0.15, -0.1) is 0 Å². The Bertz CT molecular complexity index is 185. The van der Waals surface area contributed by atoms with E-state index in [-0.39, 0.29) is 0 Å². The summed E-state index contributed by atoms with van der Waals surface area (Å²) in [5, 5.41) is 0. The van der Waals surface area contributed by atoms with Crippen LogP contribution in [0.4, 0.5) is 0 Å². The molecule has 0 amide bonds. The zero-order valence-corrected chi connectivity index (χ0v) is 7.90. The smallest absolute Gasteiger partial charge is 0.143 e. The fourth-order valence-corrected chi connectivity index (χ4v) is 1.20. The normalized spacial score (nSPS) is 14.0. The molecule has 2 nitrogen and oxygen atoms in total. The highest BCUT2D eigenvalue weighted by Gasteiger charge is 1.84. The third-order valence-corrected chi connectivity index (χ3v) is 1.93. The van der Waals surface area contributed by atoms with Gasteiger partial charge in [-0.3, -0.25) is 8.93 Å². The molecule has 0 spiro atoms. The van der Waals surface area contributed by atoms with Crippen LogP contribution in [0, 0.1) is 0 Å². The van der Waals surface area contributed by atoms with Crippen LogP contribution in [-0.2, 0) is 0 Å². The first kappa shape index (κ1) is 9.21. The molecule has 0 saturated carbocycles. The van der Waals surface area contributed by atoms with Gasteiger partial charge in [-0.25, -0.2) is 0 Å². The molecule has 1 aliphatic carbocycles. The second-order valence-corrected chi connectivity index (χ2v) is 3.12. The molecule has 0 bridgehead atoms. The SMILES string of the molecule is C1=CCCC1.c1cc[pH]ooc1. The van der Waals surface area contributed by atoms with Gasteiger partial charge in [0.2, 0.25) is 0 Å². The Labute approximate surface area is 73.7 Å². The Kier molecular flexibility index (Phi) is 5.22. The van der Waals surface area contributed by atoms with Gasteiger partial charge in [0.25, 0.3) is 0 Å². The third kappa shape index (κ3) is 4.86. The molecule has 66 valence electrons. The van der Waals surface area contributed by atoms with E-state index in [9.17, 15) is 0 Å². The van der Waals surface area contributed by atoms with Crippen molar-refractivity contribution in [1.82, 2.24) is 0 Å². The second kappa shape index (κ2) is 6.81. The summed E-state index contributed by atoms with van der Waals surface area (Å²) in [5.41, 5.74) is 0. The van der Waals surface area contributed by atoms with Crippen LogP contribution >= 0.6 is 8.43 Å². The molecule has 0 aromatic carbocycles. The van der Waals surface area contributed by atoms with Crippen molar-refractivity contribution in [2.45, 2.75) is 19.3 Å². The molecule has 2 rings (SSSR count). The first-order valence-corrected chi connectivity index (χ1v) is 5.03. The molecule has 0 fully saturated rings. The van der Waals surface area contributed by atoms with Crippen LogP contribution in [0.15, 0.2) is 45.3 Å². The lowest BCUT2D eigenvalue weighted by Gasteiger charge is -1.69. The van der Waals surface area contributed by atoms with Gasteiger partial charge in [0.1, 0.15) is 6.26 Å².